The molecule has 0 aliphatic heterocycles. The average molecular weight is 341 g/mol. The Morgan fingerprint density at radius 3 is 2.89 bits per heavy atom. The topological polar surface area (TPSA) is 12.0 Å². The molecule has 0 aromatic heterocycles. The summed E-state index contributed by atoms with van der Waals surface area (Å²) >= 11 is 9.38. The summed E-state index contributed by atoms with van der Waals surface area (Å²) in [6, 6.07) is 11.2. The predicted molar refractivity (Wildman–Crippen MR) is 80.2 cm³/mol. The Bertz CT molecular complexity index is 630. The van der Waals surface area contributed by atoms with E-state index in [0.29, 0.717) is 5.02 Å². The van der Waals surface area contributed by atoms with Gasteiger partial charge in [-0.25, -0.2) is 4.39 Å². The summed E-state index contributed by atoms with van der Waals surface area (Å²) in [6.45, 7) is 0. The first-order chi connectivity index (χ1) is 9.15. The molecule has 0 spiro atoms. The van der Waals surface area contributed by atoms with Crippen LogP contribution in [0.15, 0.2) is 40.9 Å². The fraction of sp³-hybridized carbons (Fsp3) is 0.200. The highest BCUT2D eigenvalue weighted by Crippen LogP contribution is 2.36. The van der Waals surface area contributed by atoms with Gasteiger partial charge in [-0.05, 0) is 64.2 Å². The van der Waals surface area contributed by atoms with Crippen molar-refractivity contribution in [2.24, 2.45) is 0 Å². The highest BCUT2D eigenvalue weighted by atomic mass is 79.9. The number of hydrogen-bond acceptors (Lipinski definition) is 1. The summed E-state index contributed by atoms with van der Waals surface area (Å²) in [5.41, 5.74) is 2.89. The van der Waals surface area contributed by atoms with E-state index in [0.717, 1.165) is 34.1 Å². The lowest BCUT2D eigenvalue weighted by molar-refractivity contribution is 0.612. The summed E-state index contributed by atoms with van der Waals surface area (Å²) < 4.78 is 14.5. The van der Waals surface area contributed by atoms with E-state index in [1.54, 1.807) is 6.07 Å². The molecule has 1 N–H and O–H groups in total. The fourth-order valence-electron chi connectivity index (χ4n) is 2.55. The van der Waals surface area contributed by atoms with Crippen LogP contribution in [-0.4, -0.2) is 0 Å². The zero-order valence-corrected chi connectivity index (χ0v) is 12.4. The Kier molecular flexibility index (Phi) is 3.50. The first-order valence-electron chi connectivity index (χ1n) is 6.14. The van der Waals surface area contributed by atoms with Crippen LogP contribution in [-0.2, 0) is 6.42 Å². The molecule has 2 aromatic carbocycles. The van der Waals surface area contributed by atoms with Crippen LogP contribution in [0.5, 0.6) is 0 Å². The molecule has 0 amide bonds. The predicted octanol–water partition coefficient (Wildman–Crippen LogP) is 5.34. The van der Waals surface area contributed by atoms with Crippen molar-refractivity contribution < 1.29 is 4.39 Å². The number of benzene rings is 2. The molecule has 0 saturated heterocycles. The van der Waals surface area contributed by atoms with E-state index in [1.807, 2.05) is 24.3 Å². The molecule has 4 heteroatoms. The number of anilines is 1. The second-order valence-electron chi connectivity index (χ2n) is 4.67. The van der Waals surface area contributed by atoms with Crippen molar-refractivity contribution in [1.82, 2.24) is 0 Å². The maximum absolute atomic E-state index is 13.7. The standard InChI is InChI=1S/C15H12BrClFN/c16-12-8-9(4-6-13(12)17)19-15-7-5-10-11(15)2-1-3-14(10)18/h1-4,6,8,15,19H,5,7H2. The molecule has 0 fully saturated rings. The SMILES string of the molecule is Fc1cccc2c1CCC2Nc1ccc(Cl)c(Br)c1. The van der Waals surface area contributed by atoms with E-state index in [-0.39, 0.29) is 11.9 Å². The second kappa shape index (κ2) is 5.14. The van der Waals surface area contributed by atoms with Crippen LogP contribution >= 0.6 is 27.5 Å². The molecule has 19 heavy (non-hydrogen) atoms. The van der Waals surface area contributed by atoms with Gasteiger partial charge in [-0.15, -0.1) is 0 Å². The molecule has 98 valence electrons. The number of hydrogen-bond donors (Lipinski definition) is 1. The van der Waals surface area contributed by atoms with Gasteiger partial charge in [0.2, 0.25) is 0 Å². The van der Waals surface area contributed by atoms with Crippen LogP contribution < -0.4 is 5.32 Å². The molecule has 0 radical (unpaired) electrons. The minimum Gasteiger partial charge on any atom is -0.378 e. The number of fused-ring (bicyclic) bond motifs is 1. The number of halogens is 3. The molecule has 1 unspecified atom stereocenters. The van der Waals surface area contributed by atoms with Crippen molar-refractivity contribution in [2.75, 3.05) is 5.32 Å². The van der Waals surface area contributed by atoms with E-state index in [4.69, 9.17) is 11.6 Å². The van der Waals surface area contributed by atoms with E-state index >= 15 is 0 Å². The minimum atomic E-state index is -0.0981. The summed E-state index contributed by atoms with van der Waals surface area (Å²) in [4.78, 5) is 0. The van der Waals surface area contributed by atoms with Gasteiger partial charge < -0.3 is 5.32 Å². The van der Waals surface area contributed by atoms with Crippen molar-refractivity contribution in [2.45, 2.75) is 18.9 Å². The van der Waals surface area contributed by atoms with E-state index in [2.05, 4.69) is 21.2 Å². The van der Waals surface area contributed by atoms with Gasteiger partial charge in [0.05, 0.1) is 11.1 Å². The lowest BCUT2D eigenvalue weighted by Gasteiger charge is -2.16. The lowest BCUT2D eigenvalue weighted by Crippen LogP contribution is -2.07. The molecule has 1 aliphatic rings. The normalized spacial score (nSPS) is 17.3. The maximum Gasteiger partial charge on any atom is 0.126 e. The van der Waals surface area contributed by atoms with Crippen LogP contribution in [0.3, 0.4) is 0 Å². The molecule has 0 heterocycles. The van der Waals surface area contributed by atoms with Crippen molar-refractivity contribution >= 4 is 33.2 Å². The van der Waals surface area contributed by atoms with E-state index in [1.165, 1.54) is 6.07 Å². The van der Waals surface area contributed by atoms with E-state index in [9.17, 15) is 4.39 Å². The van der Waals surface area contributed by atoms with Crippen LogP contribution in [0.4, 0.5) is 10.1 Å². The lowest BCUT2D eigenvalue weighted by atomic mass is 10.1. The summed E-state index contributed by atoms with van der Waals surface area (Å²) in [5.74, 6) is -0.0981. The quantitative estimate of drug-likeness (QED) is 0.778. The summed E-state index contributed by atoms with van der Waals surface area (Å²) in [5, 5.41) is 4.12. The largest absolute Gasteiger partial charge is 0.378 e. The number of nitrogens with one attached hydrogen (secondary N) is 1. The van der Waals surface area contributed by atoms with Crippen LogP contribution in [0.25, 0.3) is 0 Å². The van der Waals surface area contributed by atoms with E-state index < -0.39 is 0 Å². The van der Waals surface area contributed by atoms with Gasteiger partial charge in [0.15, 0.2) is 0 Å². The smallest absolute Gasteiger partial charge is 0.126 e. The van der Waals surface area contributed by atoms with Crippen LogP contribution in [0.1, 0.15) is 23.6 Å². The molecule has 3 rings (SSSR count). The van der Waals surface area contributed by atoms with Gasteiger partial charge in [0.25, 0.3) is 0 Å². The zero-order chi connectivity index (χ0) is 13.4. The van der Waals surface area contributed by atoms with Crippen molar-refractivity contribution in [3.8, 4) is 0 Å². The van der Waals surface area contributed by atoms with Gasteiger partial charge in [-0.2, -0.15) is 0 Å². The fourth-order valence-corrected chi connectivity index (χ4v) is 3.04. The highest BCUT2D eigenvalue weighted by Gasteiger charge is 2.24. The Morgan fingerprint density at radius 1 is 1.26 bits per heavy atom. The molecule has 0 saturated carbocycles. The average Bonchev–Trinajstić information content (AvgIpc) is 2.79. The highest BCUT2D eigenvalue weighted by molar-refractivity contribution is 9.10. The first-order valence-corrected chi connectivity index (χ1v) is 7.31. The first kappa shape index (κ1) is 12.9. The van der Waals surface area contributed by atoms with Gasteiger partial charge in [0.1, 0.15) is 5.82 Å². The monoisotopic (exact) mass is 339 g/mol. The summed E-state index contributed by atoms with van der Waals surface area (Å²) in [7, 11) is 0. The van der Waals surface area contributed by atoms with Crippen molar-refractivity contribution in [3.63, 3.8) is 0 Å². The molecular weight excluding hydrogens is 329 g/mol. The molecule has 1 nitrogen and oxygen atoms in total. The van der Waals surface area contributed by atoms with Gasteiger partial charge in [-0.3, -0.25) is 0 Å². The maximum atomic E-state index is 13.7. The van der Waals surface area contributed by atoms with Crippen LogP contribution in [0.2, 0.25) is 5.02 Å². The second-order valence-corrected chi connectivity index (χ2v) is 5.93. The third-order valence-electron chi connectivity index (χ3n) is 3.47. The third kappa shape index (κ3) is 2.49. The molecule has 0 bridgehead atoms. The van der Waals surface area contributed by atoms with Crippen molar-refractivity contribution in [3.05, 3.63) is 62.8 Å². The Hall–Kier alpha value is -1.06. The molecule has 1 atom stereocenters. The Balaban J connectivity index is 1.86. The minimum absolute atomic E-state index is 0.0981. The Labute approximate surface area is 124 Å². The zero-order valence-electron chi connectivity index (χ0n) is 10.1. The van der Waals surface area contributed by atoms with Crippen LogP contribution in [0, 0.1) is 5.82 Å². The van der Waals surface area contributed by atoms with Crippen molar-refractivity contribution in [1.29, 1.82) is 0 Å². The number of rotatable bonds is 2. The Morgan fingerprint density at radius 2 is 2.11 bits per heavy atom. The van der Waals surface area contributed by atoms with Gasteiger partial charge >= 0.3 is 0 Å². The summed E-state index contributed by atoms with van der Waals surface area (Å²) in [6.07, 6.45) is 1.70. The van der Waals surface area contributed by atoms with Gasteiger partial charge in [0, 0.05) is 10.2 Å². The van der Waals surface area contributed by atoms with Gasteiger partial charge in [-0.1, -0.05) is 23.7 Å². The molecular formula is C15H12BrClFN. The third-order valence-corrected chi connectivity index (χ3v) is 4.69. The molecule has 2 aromatic rings. The molecule has 1 aliphatic carbocycles.